The quantitative estimate of drug-likeness (QED) is 0.467. The lowest BCUT2D eigenvalue weighted by Gasteiger charge is -2.22. The summed E-state index contributed by atoms with van der Waals surface area (Å²) in [5, 5.41) is 2.58. The first-order valence-corrected chi connectivity index (χ1v) is 5.95. The molecule has 1 saturated heterocycles. The van der Waals surface area contributed by atoms with E-state index < -0.39 is 30.0 Å². The Morgan fingerprint density at radius 3 is 2.50 bits per heavy atom. The van der Waals surface area contributed by atoms with Crippen molar-refractivity contribution in [2.75, 3.05) is 19.4 Å². The Hall–Kier alpha value is -2.57. The topological polar surface area (TPSA) is 102 Å². The second kappa shape index (κ2) is 4.84. The van der Waals surface area contributed by atoms with E-state index in [1.54, 1.807) is 31.2 Å². The summed E-state index contributed by atoms with van der Waals surface area (Å²) >= 11 is 0. The average molecular weight is 277 g/mol. The van der Waals surface area contributed by atoms with E-state index in [-0.39, 0.29) is 0 Å². The first-order chi connectivity index (χ1) is 9.38. The van der Waals surface area contributed by atoms with Gasteiger partial charge in [0.25, 0.3) is 5.91 Å². The number of benzene rings is 1. The smallest absolute Gasteiger partial charge is 0.325 e. The number of nitrogens with two attached hydrogens (primary N) is 1. The Kier molecular flexibility index (Phi) is 3.35. The van der Waals surface area contributed by atoms with Crippen molar-refractivity contribution >= 4 is 23.6 Å². The molecule has 1 fully saturated rings. The molecule has 1 aliphatic rings. The SMILES string of the molecule is COC(=O)CN1C(=O)NC(C)(c2ccc(N)cc2)C1=O. The summed E-state index contributed by atoms with van der Waals surface area (Å²) in [4.78, 5) is 36.3. The van der Waals surface area contributed by atoms with Gasteiger partial charge in [-0.05, 0) is 24.6 Å². The number of nitrogens with one attached hydrogen (secondary N) is 1. The van der Waals surface area contributed by atoms with Crippen molar-refractivity contribution in [3.63, 3.8) is 0 Å². The zero-order valence-electron chi connectivity index (χ0n) is 11.2. The minimum atomic E-state index is -1.21. The van der Waals surface area contributed by atoms with E-state index in [0.29, 0.717) is 11.3 Å². The number of carbonyl (C=O) groups excluding carboxylic acids is 3. The third-order valence-electron chi connectivity index (χ3n) is 3.28. The second-order valence-electron chi connectivity index (χ2n) is 4.64. The molecule has 1 unspecified atom stereocenters. The summed E-state index contributed by atoms with van der Waals surface area (Å²) in [5.41, 5.74) is 5.54. The molecule has 0 saturated carbocycles. The van der Waals surface area contributed by atoms with Crippen LogP contribution >= 0.6 is 0 Å². The maximum Gasteiger partial charge on any atom is 0.325 e. The van der Waals surface area contributed by atoms with Gasteiger partial charge in [-0.3, -0.25) is 14.5 Å². The predicted molar refractivity (Wildman–Crippen MR) is 70.5 cm³/mol. The number of hydrogen-bond donors (Lipinski definition) is 2. The van der Waals surface area contributed by atoms with Crippen LogP contribution in [0, 0.1) is 0 Å². The first-order valence-electron chi connectivity index (χ1n) is 5.95. The van der Waals surface area contributed by atoms with Gasteiger partial charge in [0.15, 0.2) is 0 Å². The minimum absolute atomic E-state index is 0.411. The van der Waals surface area contributed by atoms with E-state index in [9.17, 15) is 14.4 Å². The molecule has 1 atom stereocenters. The lowest BCUT2D eigenvalue weighted by molar-refractivity contribution is -0.145. The fourth-order valence-corrected chi connectivity index (χ4v) is 2.05. The van der Waals surface area contributed by atoms with Crippen LogP contribution in [0.5, 0.6) is 0 Å². The van der Waals surface area contributed by atoms with E-state index in [1.807, 2.05) is 0 Å². The number of rotatable bonds is 3. The van der Waals surface area contributed by atoms with E-state index in [1.165, 1.54) is 7.11 Å². The van der Waals surface area contributed by atoms with Gasteiger partial charge in [0, 0.05) is 5.69 Å². The van der Waals surface area contributed by atoms with Gasteiger partial charge in [-0.2, -0.15) is 0 Å². The lowest BCUT2D eigenvalue weighted by atomic mass is 9.92. The molecule has 20 heavy (non-hydrogen) atoms. The van der Waals surface area contributed by atoms with Crippen LogP contribution in [0.1, 0.15) is 12.5 Å². The number of nitrogen functional groups attached to an aromatic ring is 1. The molecule has 0 spiro atoms. The Labute approximate surface area is 115 Å². The van der Waals surface area contributed by atoms with E-state index in [0.717, 1.165) is 4.90 Å². The monoisotopic (exact) mass is 277 g/mol. The zero-order valence-corrected chi connectivity index (χ0v) is 11.2. The van der Waals surface area contributed by atoms with Crippen LogP contribution in [-0.2, 0) is 19.9 Å². The molecule has 106 valence electrons. The highest BCUT2D eigenvalue weighted by Gasteiger charge is 2.49. The van der Waals surface area contributed by atoms with Gasteiger partial charge in [-0.15, -0.1) is 0 Å². The Morgan fingerprint density at radius 2 is 1.95 bits per heavy atom. The van der Waals surface area contributed by atoms with Gasteiger partial charge in [-0.25, -0.2) is 4.79 Å². The minimum Gasteiger partial charge on any atom is -0.468 e. The molecular weight excluding hydrogens is 262 g/mol. The number of hydrogen-bond acceptors (Lipinski definition) is 5. The summed E-state index contributed by atoms with van der Waals surface area (Å²) in [6, 6.07) is 5.98. The third-order valence-corrected chi connectivity index (χ3v) is 3.28. The molecule has 1 heterocycles. The van der Waals surface area contributed by atoms with E-state index >= 15 is 0 Å². The number of carbonyl (C=O) groups is 3. The standard InChI is InChI=1S/C13H15N3O4/c1-13(8-3-5-9(14)6-4-8)11(18)16(12(19)15-13)7-10(17)20-2/h3-6H,7,14H2,1-2H3,(H,15,19). The first kappa shape index (κ1) is 13.9. The largest absolute Gasteiger partial charge is 0.468 e. The van der Waals surface area contributed by atoms with Gasteiger partial charge < -0.3 is 15.8 Å². The molecule has 1 aliphatic heterocycles. The van der Waals surface area contributed by atoms with Crippen LogP contribution in [0.2, 0.25) is 0 Å². The number of ether oxygens (including phenoxy) is 1. The van der Waals surface area contributed by atoms with Crippen molar-refractivity contribution in [3.05, 3.63) is 29.8 Å². The zero-order chi connectivity index (χ0) is 14.9. The number of esters is 1. The molecule has 3 amide bonds. The van der Waals surface area contributed by atoms with Crippen molar-refractivity contribution in [1.29, 1.82) is 0 Å². The molecule has 0 aliphatic carbocycles. The van der Waals surface area contributed by atoms with Gasteiger partial charge >= 0.3 is 12.0 Å². The number of imide groups is 1. The van der Waals surface area contributed by atoms with Crippen molar-refractivity contribution in [2.45, 2.75) is 12.5 Å². The number of nitrogens with zero attached hydrogens (tertiary/aromatic N) is 1. The van der Waals surface area contributed by atoms with Crippen LogP contribution in [0.3, 0.4) is 0 Å². The fraction of sp³-hybridized carbons (Fsp3) is 0.308. The Bertz CT molecular complexity index is 569. The molecule has 7 nitrogen and oxygen atoms in total. The highest BCUT2D eigenvalue weighted by atomic mass is 16.5. The summed E-state index contributed by atoms with van der Waals surface area (Å²) < 4.78 is 4.47. The summed E-state index contributed by atoms with van der Waals surface area (Å²) in [5.74, 6) is -1.16. The summed E-state index contributed by atoms with van der Waals surface area (Å²) in [7, 11) is 1.19. The molecule has 0 bridgehead atoms. The van der Waals surface area contributed by atoms with Crippen molar-refractivity contribution in [3.8, 4) is 0 Å². The van der Waals surface area contributed by atoms with Crippen LogP contribution in [0.4, 0.5) is 10.5 Å². The van der Waals surface area contributed by atoms with Crippen LogP contribution in [0.25, 0.3) is 0 Å². The van der Waals surface area contributed by atoms with Gasteiger partial charge in [0.2, 0.25) is 0 Å². The Morgan fingerprint density at radius 1 is 1.35 bits per heavy atom. The average Bonchev–Trinajstić information content (AvgIpc) is 2.64. The molecule has 1 aromatic rings. The number of methoxy groups -OCH3 is 1. The number of anilines is 1. The second-order valence-corrected chi connectivity index (χ2v) is 4.64. The number of amides is 3. The summed E-state index contributed by atoms with van der Waals surface area (Å²) in [6.45, 7) is 1.17. The maximum atomic E-state index is 12.4. The predicted octanol–water partition coefficient (Wildman–Crippen LogP) is 0.209. The highest BCUT2D eigenvalue weighted by molar-refractivity contribution is 6.08. The highest BCUT2D eigenvalue weighted by Crippen LogP contribution is 2.29. The summed E-state index contributed by atoms with van der Waals surface area (Å²) in [6.07, 6.45) is 0. The van der Waals surface area contributed by atoms with Gasteiger partial charge in [-0.1, -0.05) is 12.1 Å². The van der Waals surface area contributed by atoms with Crippen LogP contribution < -0.4 is 11.1 Å². The number of urea groups is 1. The molecule has 0 aromatic heterocycles. The van der Waals surface area contributed by atoms with Crippen molar-refractivity contribution in [1.82, 2.24) is 10.2 Å². The fourth-order valence-electron chi connectivity index (χ4n) is 2.05. The lowest BCUT2D eigenvalue weighted by Crippen LogP contribution is -2.41. The van der Waals surface area contributed by atoms with Crippen LogP contribution in [0.15, 0.2) is 24.3 Å². The molecule has 2 rings (SSSR count). The molecular formula is C13H15N3O4. The van der Waals surface area contributed by atoms with Crippen molar-refractivity contribution < 1.29 is 19.1 Å². The van der Waals surface area contributed by atoms with Gasteiger partial charge in [0.05, 0.1) is 7.11 Å². The maximum absolute atomic E-state index is 12.4. The van der Waals surface area contributed by atoms with Crippen LogP contribution in [-0.4, -0.2) is 36.5 Å². The van der Waals surface area contributed by atoms with E-state index in [4.69, 9.17) is 5.73 Å². The third kappa shape index (κ3) is 2.18. The molecule has 3 N–H and O–H groups in total. The molecule has 0 radical (unpaired) electrons. The molecule has 7 heteroatoms. The van der Waals surface area contributed by atoms with Crippen molar-refractivity contribution in [2.24, 2.45) is 0 Å². The molecule has 1 aromatic carbocycles. The normalized spacial score (nSPS) is 21.8. The van der Waals surface area contributed by atoms with E-state index in [2.05, 4.69) is 10.1 Å². The van der Waals surface area contributed by atoms with Gasteiger partial charge in [0.1, 0.15) is 12.1 Å². The Balaban J connectivity index is 2.30.